The second-order valence-corrected chi connectivity index (χ2v) is 22.5. The summed E-state index contributed by atoms with van der Waals surface area (Å²) in [6, 6.07) is 6.57. The molecule has 0 bridgehead atoms. The largest absolute Gasteiger partial charge is 0.471 e. The van der Waals surface area contributed by atoms with Gasteiger partial charge in [-0.3, -0.25) is 0 Å². The molecule has 47 heavy (non-hydrogen) atoms. The third kappa shape index (κ3) is 9.93. The van der Waals surface area contributed by atoms with E-state index in [4.69, 9.17) is 30.5 Å². The molecular formula is C37H57ClFN3O4Si. The van der Waals surface area contributed by atoms with Gasteiger partial charge in [0.15, 0.2) is 8.32 Å². The minimum atomic E-state index is -2.38. The van der Waals surface area contributed by atoms with Crippen LogP contribution in [0.3, 0.4) is 0 Å². The van der Waals surface area contributed by atoms with E-state index in [1.807, 2.05) is 27.0 Å². The fraction of sp³-hybridized carbons (Fsp3) is 0.676. The van der Waals surface area contributed by atoms with Crippen LogP contribution in [0.2, 0.25) is 23.2 Å². The first kappa shape index (κ1) is 37.6. The van der Waals surface area contributed by atoms with E-state index in [-0.39, 0.29) is 33.5 Å². The smallest absolute Gasteiger partial charge is 0.407 e. The topological polar surface area (TPSA) is 81.7 Å². The number of nitrogens with one attached hydrogen (secondary N) is 2. The number of nitrogens with zero attached hydrogens (tertiary/aromatic N) is 1. The zero-order valence-corrected chi connectivity index (χ0v) is 32.2. The number of halogens is 2. The molecule has 0 unspecified atom stereocenters. The van der Waals surface area contributed by atoms with E-state index < -0.39 is 38.0 Å². The van der Waals surface area contributed by atoms with E-state index in [1.165, 1.54) is 11.6 Å². The molecule has 1 aromatic carbocycles. The lowest BCUT2D eigenvalue weighted by molar-refractivity contribution is -0.0419. The van der Waals surface area contributed by atoms with Crippen molar-refractivity contribution < 1.29 is 23.1 Å². The second kappa shape index (κ2) is 14.0. The molecule has 0 radical (unpaired) electrons. The maximum absolute atomic E-state index is 15.3. The van der Waals surface area contributed by atoms with Crippen LogP contribution < -0.4 is 15.4 Å². The molecule has 2 heterocycles. The normalized spacial score (nSPS) is 19.3. The van der Waals surface area contributed by atoms with Crippen LogP contribution in [0.25, 0.3) is 0 Å². The Labute approximate surface area is 288 Å². The zero-order chi connectivity index (χ0) is 35.0. The zero-order valence-electron chi connectivity index (χ0n) is 30.4. The quantitative estimate of drug-likeness (QED) is 0.242. The number of ether oxygens (including phenoxy) is 2. The Hall–Kier alpha value is -2.20. The van der Waals surface area contributed by atoms with Gasteiger partial charge in [-0.05, 0) is 99.7 Å². The van der Waals surface area contributed by atoms with Crippen molar-refractivity contribution in [2.75, 3.05) is 6.54 Å². The summed E-state index contributed by atoms with van der Waals surface area (Å²) >= 11 is 6.20. The summed E-state index contributed by atoms with van der Waals surface area (Å²) in [7, 11) is -2.38. The van der Waals surface area contributed by atoms with Gasteiger partial charge in [-0.25, -0.2) is 14.2 Å². The molecule has 262 valence electrons. The molecule has 10 heteroatoms. The molecule has 3 atom stereocenters. The number of amides is 1. The van der Waals surface area contributed by atoms with Gasteiger partial charge < -0.3 is 24.5 Å². The summed E-state index contributed by atoms with van der Waals surface area (Å²) in [4.78, 5) is 18.1. The van der Waals surface area contributed by atoms with Crippen LogP contribution in [0, 0.1) is 11.2 Å². The van der Waals surface area contributed by atoms with Crippen molar-refractivity contribution >= 4 is 26.0 Å². The highest BCUT2D eigenvalue weighted by Gasteiger charge is 2.47. The number of pyridine rings is 1. The molecular weight excluding hydrogens is 633 g/mol. The molecule has 0 saturated heterocycles. The van der Waals surface area contributed by atoms with E-state index in [0.717, 1.165) is 37.7 Å². The molecule has 1 spiro atoms. The monoisotopic (exact) mass is 689 g/mol. The Balaban J connectivity index is 1.71. The van der Waals surface area contributed by atoms with Crippen LogP contribution >= 0.6 is 11.6 Å². The van der Waals surface area contributed by atoms with E-state index in [0.29, 0.717) is 18.0 Å². The van der Waals surface area contributed by atoms with E-state index >= 15 is 4.39 Å². The minimum Gasteiger partial charge on any atom is -0.471 e. The average molecular weight is 690 g/mol. The molecule has 2 aromatic rings. The van der Waals surface area contributed by atoms with Crippen LogP contribution in [-0.2, 0) is 22.0 Å². The Morgan fingerprint density at radius 1 is 1.15 bits per heavy atom. The Bertz CT molecular complexity index is 1410. The number of rotatable bonds is 10. The molecule has 1 amide bonds. The fourth-order valence-electron chi connectivity index (χ4n) is 6.10. The number of aromatic nitrogens is 1. The molecule has 1 aliphatic carbocycles. The predicted molar refractivity (Wildman–Crippen MR) is 190 cm³/mol. The van der Waals surface area contributed by atoms with Crippen molar-refractivity contribution in [2.45, 2.75) is 148 Å². The fourth-order valence-corrected chi connectivity index (χ4v) is 7.66. The van der Waals surface area contributed by atoms with Gasteiger partial charge in [0.05, 0.1) is 17.2 Å². The molecule has 2 N–H and O–H groups in total. The maximum Gasteiger partial charge on any atom is 0.407 e. The van der Waals surface area contributed by atoms with Crippen LogP contribution in [0.4, 0.5) is 9.18 Å². The van der Waals surface area contributed by atoms with E-state index in [9.17, 15) is 4.79 Å². The van der Waals surface area contributed by atoms with Gasteiger partial charge >= 0.3 is 6.09 Å². The van der Waals surface area contributed by atoms with Gasteiger partial charge in [0.25, 0.3) is 0 Å². The predicted octanol–water partition coefficient (Wildman–Crippen LogP) is 9.33. The summed E-state index contributed by atoms with van der Waals surface area (Å²) in [5.74, 6) is 0.198. The highest BCUT2D eigenvalue weighted by molar-refractivity contribution is 6.74. The number of carbonyl (C=O) groups is 1. The summed E-state index contributed by atoms with van der Waals surface area (Å²) in [6.07, 6.45) is 5.89. The van der Waals surface area contributed by atoms with E-state index in [2.05, 4.69) is 71.3 Å². The SMILES string of the molecule is CC(C)(C)Cc1cnc2c(c1)[C@@H](NC[C@@H](O[Si](C)(C)C(C)(C)C)[C@H](Cc1cccc(Cl)c1F)NC(=O)OC(C)(C)C)CC1(CCC1)O2. The van der Waals surface area contributed by atoms with Gasteiger partial charge in [-0.2, -0.15) is 0 Å². The first-order chi connectivity index (χ1) is 21.6. The standard InChI is InChI=1S/C37H57ClFN3O4Si/c1-34(2,3)20-24-18-26-29(21-37(16-13-17-37)44-32(26)41-22-24)40-23-30(46-47(10,11)36(7,8)9)28(42-33(43)45-35(4,5)6)19-25-14-12-15-27(38)31(25)39/h12,14-15,18,22,28-30,40H,13,16-17,19-21,23H2,1-11H3,(H,42,43)/t28-,29-,30+/m0/s1. The summed E-state index contributed by atoms with van der Waals surface area (Å²) in [5.41, 5.74) is 1.81. The van der Waals surface area contributed by atoms with Crippen LogP contribution in [0.15, 0.2) is 30.5 Å². The lowest BCUT2D eigenvalue weighted by Crippen LogP contribution is -2.57. The number of hydrogen-bond acceptors (Lipinski definition) is 6. The van der Waals surface area contributed by atoms with Crippen molar-refractivity contribution in [1.29, 1.82) is 0 Å². The lowest BCUT2D eigenvalue weighted by Gasteiger charge is -2.48. The second-order valence-electron chi connectivity index (χ2n) is 17.4. The van der Waals surface area contributed by atoms with Crippen molar-refractivity contribution in [3.63, 3.8) is 0 Å². The average Bonchev–Trinajstić information content (AvgIpc) is 2.89. The number of fused-ring (bicyclic) bond motifs is 1. The third-order valence-corrected chi connectivity index (χ3v) is 14.4. The Kier molecular flexibility index (Phi) is 11.2. The summed E-state index contributed by atoms with van der Waals surface area (Å²) in [6.45, 7) is 23.5. The van der Waals surface area contributed by atoms with Gasteiger partial charge in [-0.15, -0.1) is 0 Å². The van der Waals surface area contributed by atoms with Crippen LogP contribution in [0.1, 0.15) is 111 Å². The van der Waals surface area contributed by atoms with E-state index in [1.54, 1.807) is 12.1 Å². The highest BCUT2D eigenvalue weighted by atomic mass is 35.5. The van der Waals surface area contributed by atoms with Crippen molar-refractivity contribution in [1.82, 2.24) is 15.6 Å². The molecule has 1 fully saturated rings. The molecule has 1 saturated carbocycles. The third-order valence-electron chi connectivity index (χ3n) is 9.64. The lowest BCUT2D eigenvalue weighted by atomic mass is 9.73. The molecule has 7 nitrogen and oxygen atoms in total. The molecule has 1 aromatic heterocycles. The van der Waals surface area contributed by atoms with Gasteiger partial charge in [0.1, 0.15) is 17.0 Å². The highest BCUT2D eigenvalue weighted by Crippen LogP contribution is 2.48. The first-order valence-corrected chi connectivity index (χ1v) is 20.4. The molecule has 1 aliphatic heterocycles. The minimum absolute atomic E-state index is 0.0259. The summed E-state index contributed by atoms with van der Waals surface area (Å²) < 4.78 is 34.7. The Morgan fingerprint density at radius 3 is 2.40 bits per heavy atom. The Morgan fingerprint density at radius 2 is 1.83 bits per heavy atom. The van der Waals surface area contributed by atoms with Crippen molar-refractivity contribution in [3.8, 4) is 5.88 Å². The van der Waals surface area contributed by atoms with Crippen molar-refractivity contribution in [2.24, 2.45) is 5.41 Å². The number of hydrogen-bond donors (Lipinski definition) is 2. The number of benzene rings is 1. The molecule has 4 rings (SSSR count). The molecule has 2 aliphatic rings. The number of alkyl carbamates (subject to hydrolysis) is 1. The van der Waals surface area contributed by atoms with Crippen LogP contribution in [0.5, 0.6) is 5.88 Å². The first-order valence-electron chi connectivity index (χ1n) is 17.1. The van der Waals surface area contributed by atoms with Crippen LogP contribution in [-0.4, -0.2) is 49.3 Å². The summed E-state index contributed by atoms with van der Waals surface area (Å²) in [5, 5.41) is 6.86. The number of carbonyl (C=O) groups excluding carboxylic acids is 1. The van der Waals surface area contributed by atoms with Gasteiger partial charge in [-0.1, -0.05) is 65.3 Å². The van der Waals surface area contributed by atoms with Gasteiger partial charge in [0.2, 0.25) is 5.88 Å². The maximum atomic E-state index is 15.3. The van der Waals surface area contributed by atoms with Crippen molar-refractivity contribution in [3.05, 3.63) is 58.0 Å². The van der Waals surface area contributed by atoms with Gasteiger partial charge in [0, 0.05) is 30.8 Å².